The Balaban J connectivity index is 0.000000686. The number of esters is 1. The fourth-order valence-corrected chi connectivity index (χ4v) is 15.5. The Morgan fingerprint density at radius 1 is 0.427 bits per heavy atom. The van der Waals surface area contributed by atoms with Gasteiger partial charge in [-0.2, -0.15) is 0 Å². The van der Waals surface area contributed by atoms with Crippen LogP contribution in [0.3, 0.4) is 0 Å². The predicted octanol–water partition coefficient (Wildman–Crippen LogP) is 5.39. The van der Waals surface area contributed by atoms with Crippen molar-refractivity contribution in [2.75, 3.05) is 89.2 Å². The molecule has 6 aliphatic rings. The smallest absolute Gasteiger partial charge is 0.405 e. The number of nitrogens with two attached hydrogens (primary N) is 4. The molecule has 0 spiro atoms. The first kappa shape index (κ1) is 127. The largest absolute Gasteiger partial charge is 0.492 e. The van der Waals surface area contributed by atoms with Gasteiger partial charge in [-0.05, 0) is 128 Å². The number of carboxylic acid groups (broad SMARTS) is 1. The summed E-state index contributed by atoms with van der Waals surface area (Å²) in [4.78, 5) is 197. The van der Waals surface area contributed by atoms with Crippen molar-refractivity contribution in [1.29, 1.82) is 0 Å². The second-order valence-corrected chi connectivity index (χ2v) is 35.1. The highest BCUT2D eigenvalue weighted by molar-refractivity contribution is 6.25. The molecule has 42 heteroatoms. The molecule has 0 saturated carbocycles. The summed E-state index contributed by atoms with van der Waals surface area (Å²) in [7, 11) is 9.97. The molecule has 3 aliphatic heterocycles. The van der Waals surface area contributed by atoms with Gasteiger partial charge >= 0.3 is 30.2 Å². The maximum atomic E-state index is 13.8. The molecule has 3 aliphatic carbocycles. The van der Waals surface area contributed by atoms with E-state index in [9.17, 15) is 97.1 Å². The number of fused-ring (bicyclic) bond motifs is 6. The minimum atomic E-state index is -1.03. The van der Waals surface area contributed by atoms with E-state index < -0.39 is 174 Å². The fraction of sp³-hybridized carbons (Fsp3) is 0.545. The van der Waals surface area contributed by atoms with Crippen LogP contribution in [-0.4, -0.2) is 287 Å². The van der Waals surface area contributed by atoms with Gasteiger partial charge in [-0.3, -0.25) is 52.7 Å². The number of hydrogen-bond acceptors (Lipinski definition) is 35. The highest BCUT2D eigenvalue weighted by Crippen LogP contribution is 2.35. The van der Waals surface area contributed by atoms with Crippen molar-refractivity contribution in [3.05, 3.63) is 176 Å². The maximum Gasteiger partial charge on any atom is 0.405 e. The molecule has 794 valence electrons. The number of carbonyl (C=O) groups is 16. The lowest BCUT2D eigenvalue weighted by Gasteiger charge is -2.30. The predicted molar refractivity (Wildman–Crippen MR) is 523 cm³/mol. The Kier molecular flexibility index (Phi) is 57.5. The number of allylic oxidation sites excluding steroid dienone is 12. The van der Waals surface area contributed by atoms with Crippen LogP contribution in [0.2, 0.25) is 0 Å². The van der Waals surface area contributed by atoms with Crippen LogP contribution in [0.5, 0.6) is 0 Å². The number of carbonyl (C=O) groups excluding carboxylic acids is 15. The van der Waals surface area contributed by atoms with Crippen LogP contribution in [0.15, 0.2) is 176 Å². The first-order valence-electron chi connectivity index (χ1n) is 46.4. The van der Waals surface area contributed by atoms with Crippen molar-refractivity contribution >= 4 is 94.2 Å². The molecule has 6 rings (SSSR count). The zero-order chi connectivity index (χ0) is 109. The van der Waals surface area contributed by atoms with Crippen LogP contribution in [-0.2, 0) is 114 Å². The summed E-state index contributed by atoms with van der Waals surface area (Å²) in [6.07, 6.45) is 10.4. The zero-order valence-electron chi connectivity index (χ0n) is 85.4. The molecule has 18 atom stereocenters. The lowest BCUT2D eigenvalue weighted by molar-refractivity contribution is -0.144. The first-order valence-corrected chi connectivity index (χ1v) is 46.4. The summed E-state index contributed by atoms with van der Waals surface area (Å²) in [5.74, 6) is -9.00. The first-order chi connectivity index (χ1) is 67.3. The highest BCUT2D eigenvalue weighted by atomic mass is 16.6. The second-order valence-electron chi connectivity index (χ2n) is 35.1. The average molecular weight is 2020 g/mol. The van der Waals surface area contributed by atoms with E-state index in [4.69, 9.17) is 85.3 Å². The third-order valence-corrected chi connectivity index (χ3v) is 23.1. The number of aliphatic carboxylic acids is 1. The van der Waals surface area contributed by atoms with Crippen molar-refractivity contribution in [3.63, 3.8) is 0 Å². The van der Waals surface area contributed by atoms with Gasteiger partial charge in [0, 0.05) is 145 Å². The third-order valence-electron chi connectivity index (χ3n) is 23.1. The summed E-state index contributed by atoms with van der Waals surface area (Å²) >= 11 is 0. The molecule has 0 fully saturated rings. The number of aliphatic hydroxyl groups excluding tert-OH is 5. The minimum Gasteiger partial charge on any atom is -0.492 e. The van der Waals surface area contributed by atoms with Crippen LogP contribution in [0.1, 0.15) is 161 Å². The van der Waals surface area contributed by atoms with E-state index >= 15 is 0 Å². The number of rotatable bonds is 24. The summed E-state index contributed by atoms with van der Waals surface area (Å²) in [5, 5.41) is 72.0. The number of ether oxygens (including phenoxy) is 11. The lowest BCUT2D eigenvalue weighted by Crippen LogP contribution is -2.38. The van der Waals surface area contributed by atoms with E-state index in [0.29, 0.717) is 36.1 Å². The number of Topliss-reactive ketones (excluding diaryl/α,β-unsaturated/α-hetero) is 5. The Labute approximate surface area is 834 Å². The van der Waals surface area contributed by atoms with E-state index in [-0.39, 0.29) is 181 Å². The monoisotopic (exact) mass is 2010 g/mol. The standard InChI is InChI=1S/C35H49N3O11.C30H43N3O9.C29H40N2O9.C5H8O3.C2H7NO/c1-19-15-24-30(37-13-14-48-29(41)12-11-23(5)39)26(40)18-25(32(24)43)38-34(44)20(2)9-8-10-27(46-6)33(49-35(36)45)22(4)17-21(3)31(42)28(16-19)47-7;1-16-12-20-25(32-10-11-34)22(35)15-21(27(20)37)33-29(38)17(2)8-7-9-23(40-5)28(42-30(31)39)19(4)14-18(3)26(36)24(13-16)41-6;1-15-11-19-25(34)20(14-21(32)27(19)39-7)31-28(35)16(2)9-8-10-22(37-5)26(40-29(30)36)18(4)13-17(3)24(33)23(12-15)38-6;1-4(6)2-3-5(7)8;3-1-2-4/h8-10,17-19,21,27-28,31,33,37,42H,11-16H2,1-7H3,(H2,36,45)(H,38,44);7-9,14-16,18,23-24,26,28,32,34,36H,10-13H2,1-6H3,(H2,31,39)(H,33,38);8-10,13-15,17,22-24,26,33H,11-12H2,1-7H3,(H2,30,36)(H,31,35);2-3H2,1H3,(H,7,8);4H,1-3H2/b10-8-,20-9+,22-17+;9-7-,17-8+,19-14+;10-8-,16-9+,18-13+;;. The van der Waals surface area contributed by atoms with Crippen molar-refractivity contribution in [1.82, 2.24) is 26.6 Å². The average Bonchev–Trinajstić information content (AvgIpc) is 1.05. The zero-order valence-corrected chi connectivity index (χ0v) is 85.4. The van der Waals surface area contributed by atoms with Crippen molar-refractivity contribution in [3.8, 4) is 0 Å². The number of amides is 6. The quantitative estimate of drug-likeness (QED) is 0.0189. The topological polar surface area (TPSA) is 660 Å². The number of hydrogen-bond donors (Lipinski definition) is 15. The Hall–Kier alpha value is -12.5. The van der Waals surface area contributed by atoms with E-state index in [1.807, 2.05) is 20.8 Å². The van der Waals surface area contributed by atoms with Crippen molar-refractivity contribution < 1.29 is 159 Å². The molecule has 0 aromatic carbocycles. The fourth-order valence-electron chi connectivity index (χ4n) is 15.5. The van der Waals surface area contributed by atoms with Gasteiger partial charge in [-0.1, -0.05) is 114 Å². The Morgan fingerprint density at radius 2 is 0.727 bits per heavy atom. The van der Waals surface area contributed by atoms with Crippen molar-refractivity contribution in [2.24, 2.45) is 58.4 Å². The molecule has 19 N–H and O–H groups in total. The maximum absolute atomic E-state index is 13.8. The summed E-state index contributed by atoms with van der Waals surface area (Å²) in [5.41, 5.74) is 23.1. The molecule has 42 nitrogen and oxygen atoms in total. The molecule has 3 heterocycles. The third kappa shape index (κ3) is 42.9. The molecule has 0 aromatic rings. The van der Waals surface area contributed by atoms with E-state index in [1.54, 1.807) is 84.1 Å². The molecule has 6 amide bonds. The van der Waals surface area contributed by atoms with Gasteiger partial charge in [-0.25, -0.2) is 14.4 Å². The molecule has 143 heavy (non-hydrogen) atoms. The van der Waals surface area contributed by atoms with Gasteiger partial charge in [0.1, 0.15) is 36.5 Å². The van der Waals surface area contributed by atoms with Gasteiger partial charge in [0.15, 0.2) is 24.1 Å². The Morgan fingerprint density at radius 3 is 1.00 bits per heavy atom. The number of ketones is 8. The summed E-state index contributed by atoms with van der Waals surface area (Å²) in [6.45, 7) is 23.6. The number of methoxy groups -OCH3 is 7. The van der Waals surface area contributed by atoms with Crippen LogP contribution >= 0.6 is 0 Å². The molecular formula is C101H147N9O33. The SMILES string of the molecule is CC(=O)CCC(=O)O.COC1/C=C\C=C(/C)C(=O)NC2=CC(=O)C(NCCO)=C(CC(C)CC(OC)C(O)C(C)/C=C(\C)C1OC(N)=O)C2=O.COC1/C=C\C=C(/C)C(=O)NC2=CC(=O)C(NCCOC(=O)CCC(C)=O)=C(CC(C)CC(OC)C(O)C(C)/C=C(\C)C1OC(N)=O)C2=O.COC1=C2CC(C)CC(OC)C(O)C(C)/C=C(\C)C(OC(N)=O)C(OC)/C=C\C=C(/C)C(=O)NC(=CC1=O)C2=O.NCCO. The van der Waals surface area contributed by atoms with Crippen LogP contribution in [0, 0.1) is 35.5 Å². The normalized spacial score (nSPS) is 29.0. The number of nitrogens with one attached hydrogen (secondary N) is 5. The molecule has 18 unspecified atom stereocenters. The van der Waals surface area contributed by atoms with Crippen LogP contribution in [0.25, 0.3) is 0 Å². The van der Waals surface area contributed by atoms with E-state index in [2.05, 4.69) is 26.6 Å². The number of carboxylic acids is 1. The van der Waals surface area contributed by atoms with Crippen molar-refractivity contribution in [2.45, 2.75) is 234 Å². The lowest BCUT2D eigenvalue weighted by atomic mass is 9.85. The van der Waals surface area contributed by atoms with Gasteiger partial charge in [0.2, 0.25) is 34.7 Å². The van der Waals surface area contributed by atoms with Gasteiger partial charge in [-0.15, -0.1) is 0 Å². The summed E-state index contributed by atoms with van der Waals surface area (Å²) < 4.78 is 60.0. The van der Waals surface area contributed by atoms with Gasteiger partial charge in [0.05, 0.1) is 98.3 Å². The molecular weight excluding hydrogens is 1870 g/mol. The van der Waals surface area contributed by atoms with Crippen LogP contribution in [0.4, 0.5) is 14.4 Å². The number of primary amides is 3. The van der Waals surface area contributed by atoms with Gasteiger partial charge in [0.25, 0.3) is 17.7 Å². The van der Waals surface area contributed by atoms with Gasteiger partial charge < -0.3 is 142 Å². The molecule has 0 saturated heterocycles. The van der Waals surface area contributed by atoms with E-state index in [0.717, 1.165) is 18.2 Å². The molecule has 0 aromatic heterocycles. The molecule has 6 bridgehead atoms. The molecule has 0 radical (unpaired) electrons. The van der Waals surface area contributed by atoms with Crippen LogP contribution < -0.4 is 49.5 Å². The highest BCUT2D eigenvalue weighted by Gasteiger charge is 2.40. The number of aliphatic hydroxyl groups is 5. The Bertz CT molecular complexity index is 4960. The second kappa shape index (κ2) is 64.9. The summed E-state index contributed by atoms with van der Waals surface area (Å²) in [6, 6.07) is 0. The van der Waals surface area contributed by atoms with E-state index in [1.165, 1.54) is 115 Å². The minimum absolute atomic E-state index is 0.00302.